The van der Waals surface area contributed by atoms with Crippen LogP contribution in [0.4, 0.5) is 0 Å². The molecule has 1 aliphatic heterocycles. The molecule has 2 nitrogen and oxygen atoms in total. The molecule has 116 valence electrons. The Morgan fingerprint density at radius 3 is 2.95 bits per heavy atom. The van der Waals surface area contributed by atoms with E-state index in [1.807, 2.05) is 11.3 Å². The molecule has 3 heteroatoms. The predicted octanol–water partition coefficient (Wildman–Crippen LogP) is 4.27. The van der Waals surface area contributed by atoms with E-state index in [0.717, 1.165) is 25.9 Å². The van der Waals surface area contributed by atoms with E-state index in [4.69, 9.17) is 4.74 Å². The predicted molar refractivity (Wildman–Crippen MR) is 85.9 cm³/mol. The third-order valence-corrected chi connectivity index (χ3v) is 7.04. The second-order valence-electron chi connectivity index (χ2n) is 7.28. The van der Waals surface area contributed by atoms with Crippen LogP contribution < -0.4 is 0 Å². The van der Waals surface area contributed by atoms with Gasteiger partial charge >= 0.3 is 0 Å². The first-order chi connectivity index (χ1) is 10.3. The highest BCUT2D eigenvalue weighted by molar-refractivity contribution is 7.10. The van der Waals surface area contributed by atoms with Crippen molar-refractivity contribution in [3.8, 4) is 0 Å². The maximum absolute atomic E-state index is 11.1. The van der Waals surface area contributed by atoms with Gasteiger partial charge in [-0.05, 0) is 67.9 Å². The van der Waals surface area contributed by atoms with E-state index in [-0.39, 0.29) is 11.7 Å². The van der Waals surface area contributed by atoms with E-state index in [2.05, 4.69) is 11.4 Å². The normalized spacial score (nSPS) is 33.0. The van der Waals surface area contributed by atoms with Crippen LogP contribution >= 0.6 is 11.3 Å². The summed E-state index contributed by atoms with van der Waals surface area (Å²) >= 11 is 1.88. The summed E-state index contributed by atoms with van der Waals surface area (Å²) in [6, 6.07) is 2.26. The SMILES string of the molecule is OC(C1CCOC2(CCCC2)C1)C1CCCc2sccc21. The summed E-state index contributed by atoms with van der Waals surface area (Å²) in [4.78, 5) is 1.52. The van der Waals surface area contributed by atoms with Crippen molar-refractivity contribution in [3.05, 3.63) is 21.9 Å². The highest BCUT2D eigenvalue weighted by Gasteiger charge is 2.43. The van der Waals surface area contributed by atoms with Crippen LogP contribution in [-0.4, -0.2) is 23.4 Å². The number of hydrogen-bond acceptors (Lipinski definition) is 3. The molecule has 0 amide bonds. The number of ether oxygens (including phenoxy) is 1. The molecule has 0 aromatic carbocycles. The molecule has 0 radical (unpaired) electrons. The van der Waals surface area contributed by atoms with Crippen molar-refractivity contribution >= 4 is 11.3 Å². The average molecular weight is 306 g/mol. The number of rotatable bonds is 2. The van der Waals surface area contributed by atoms with E-state index < -0.39 is 0 Å². The Morgan fingerprint density at radius 2 is 2.10 bits per heavy atom. The fourth-order valence-corrected chi connectivity index (χ4v) is 5.93. The Labute approximate surface area is 131 Å². The van der Waals surface area contributed by atoms with Crippen molar-refractivity contribution < 1.29 is 9.84 Å². The first-order valence-electron chi connectivity index (χ1n) is 8.66. The monoisotopic (exact) mass is 306 g/mol. The van der Waals surface area contributed by atoms with Gasteiger partial charge in [0.1, 0.15) is 0 Å². The molecule has 1 spiro atoms. The van der Waals surface area contributed by atoms with Crippen LogP contribution in [0.2, 0.25) is 0 Å². The summed E-state index contributed by atoms with van der Waals surface area (Å²) in [7, 11) is 0. The first kappa shape index (κ1) is 14.2. The number of hydrogen-bond donors (Lipinski definition) is 1. The topological polar surface area (TPSA) is 29.5 Å². The molecular weight excluding hydrogens is 280 g/mol. The van der Waals surface area contributed by atoms with E-state index in [1.165, 1.54) is 49.0 Å². The fraction of sp³-hybridized carbons (Fsp3) is 0.778. The van der Waals surface area contributed by atoms with Gasteiger partial charge < -0.3 is 9.84 Å². The standard InChI is InChI=1S/C18H26O2S/c19-17(15-4-3-5-16-14(15)7-11-21-16)13-6-10-20-18(12-13)8-1-2-9-18/h7,11,13,15,17,19H,1-6,8-10,12H2. The van der Waals surface area contributed by atoms with Crippen LogP contribution in [0.3, 0.4) is 0 Å². The molecule has 4 rings (SSSR count). The molecule has 3 unspecified atom stereocenters. The van der Waals surface area contributed by atoms with Crippen molar-refractivity contribution in [2.24, 2.45) is 5.92 Å². The Bertz CT molecular complexity index is 489. The third-order valence-electron chi connectivity index (χ3n) is 6.04. The highest BCUT2D eigenvalue weighted by Crippen LogP contribution is 2.46. The van der Waals surface area contributed by atoms with Crippen molar-refractivity contribution in [3.63, 3.8) is 0 Å². The highest BCUT2D eigenvalue weighted by atomic mass is 32.1. The molecule has 0 bridgehead atoms. The summed E-state index contributed by atoms with van der Waals surface area (Å²) in [5.41, 5.74) is 1.57. The van der Waals surface area contributed by atoms with Gasteiger partial charge in [-0.15, -0.1) is 11.3 Å². The van der Waals surface area contributed by atoms with Gasteiger partial charge in [-0.2, -0.15) is 0 Å². The van der Waals surface area contributed by atoms with Gasteiger partial charge in [0.05, 0.1) is 11.7 Å². The maximum atomic E-state index is 11.1. The summed E-state index contributed by atoms with van der Waals surface area (Å²) in [5, 5.41) is 13.3. The van der Waals surface area contributed by atoms with Crippen LogP contribution in [-0.2, 0) is 11.2 Å². The lowest BCUT2D eigenvalue weighted by Gasteiger charge is -2.42. The summed E-state index contributed by atoms with van der Waals surface area (Å²) in [6.07, 6.45) is 10.6. The Kier molecular flexibility index (Phi) is 3.85. The molecule has 3 aliphatic rings. The number of fused-ring (bicyclic) bond motifs is 1. The van der Waals surface area contributed by atoms with Crippen LogP contribution in [0.5, 0.6) is 0 Å². The molecule has 1 saturated carbocycles. The van der Waals surface area contributed by atoms with Gasteiger partial charge in [0.2, 0.25) is 0 Å². The van der Waals surface area contributed by atoms with E-state index in [9.17, 15) is 5.11 Å². The Morgan fingerprint density at radius 1 is 1.24 bits per heavy atom. The zero-order valence-corrected chi connectivity index (χ0v) is 13.5. The van der Waals surface area contributed by atoms with E-state index >= 15 is 0 Å². The van der Waals surface area contributed by atoms with Crippen LogP contribution in [0, 0.1) is 5.92 Å². The van der Waals surface area contributed by atoms with Crippen molar-refractivity contribution in [2.75, 3.05) is 6.61 Å². The van der Waals surface area contributed by atoms with Gasteiger partial charge in [0, 0.05) is 17.4 Å². The minimum atomic E-state index is -0.167. The third kappa shape index (κ3) is 2.58. The lowest BCUT2D eigenvalue weighted by atomic mass is 9.73. The molecular formula is C18H26O2S. The van der Waals surface area contributed by atoms with Gasteiger partial charge in [-0.3, -0.25) is 0 Å². The maximum Gasteiger partial charge on any atom is 0.0686 e. The van der Waals surface area contributed by atoms with Gasteiger partial charge in [-0.1, -0.05) is 12.8 Å². The van der Waals surface area contributed by atoms with Crippen LogP contribution in [0.1, 0.15) is 67.7 Å². The summed E-state index contributed by atoms with van der Waals surface area (Å²) < 4.78 is 6.14. The number of aliphatic hydroxyl groups excluding tert-OH is 1. The minimum Gasteiger partial charge on any atom is -0.392 e. The molecule has 2 fully saturated rings. The number of aliphatic hydroxyl groups is 1. The molecule has 2 aliphatic carbocycles. The smallest absolute Gasteiger partial charge is 0.0686 e. The quantitative estimate of drug-likeness (QED) is 0.884. The molecule has 21 heavy (non-hydrogen) atoms. The molecule has 2 heterocycles. The average Bonchev–Trinajstić information content (AvgIpc) is 3.15. The number of aryl methyl sites for hydroxylation is 1. The van der Waals surface area contributed by atoms with Gasteiger partial charge in [-0.25, -0.2) is 0 Å². The number of thiophene rings is 1. The molecule has 1 aromatic rings. The molecule has 1 N–H and O–H groups in total. The van der Waals surface area contributed by atoms with E-state index in [0.29, 0.717) is 11.8 Å². The van der Waals surface area contributed by atoms with Crippen molar-refractivity contribution in [1.29, 1.82) is 0 Å². The van der Waals surface area contributed by atoms with E-state index in [1.54, 1.807) is 0 Å². The zero-order chi connectivity index (χ0) is 14.3. The summed E-state index contributed by atoms with van der Waals surface area (Å²) in [5.74, 6) is 0.814. The first-order valence-corrected chi connectivity index (χ1v) is 9.54. The molecule has 1 saturated heterocycles. The van der Waals surface area contributed by atoms with Gasteiger partial charge in [0.15, 0.2) is 0 Å². The Hall–Kier alpha value is -0.380. The molecule has 3 atom stereocenters. The van der Waals surface area contributed by atoms with Gasteiger partial charge in [0.25, 0.3) is 0 Å². The largest absolute Gasteiger partial charge is 0.392 e. The second-order valence-corrected chi connectivity index (χ2v) is 8.28. The zero-order valence-electron chi connectivity index (χ0n) is 12.7. The fourth-order valence-electron chi connectivity index (χ4n) is 4.93. The van der Waals surface area contributed by atoms with Crippen molar-refractivity contribution in [1.82, 2.24) is 0 Å². The molecule has 1 aromatic heterocycles. The van der Waals surface area contributed by atoms with Crippen molar-refractivity contribution in [2.45, 2.75) is 75.4 Å². The van der Waals surface area contributed by atoms with Crippen LogP contribution in [0.25, 0.3) is 0 Å². The Balaban J connectivity index is 1.51. The minimum absolute atomic E-state index is 0.121. The lowest BCUT2D eigenvalue weighted by Crippen LogP contribution is -2.43. The lowest BCUT2D eigenvalue weighted by molar-refractivity contribution is -0.116. The van der Waals surface area contributed by atoms with Crippen LogP contribution in [0.15, 0.2) is 11.4 Å². The summed E-state index contributed by atoms with van der Waals surface area (Å²) in [6.45, 7) is 0.852. The second kappa shape index (κ2) is 5.68.